The lowest BCUT2D eigenvalue weighted by atomic mass is 10.1. The zero-order valence-electron chi connectivity index (χ0n) is 18.6. The first-order valence-corrected chi connectivity index (χ1v) is 11.4. The van der Waals surface area contributed by atoms with Gasteiger partial charge in [0.2, 0.25) is 0 Å². The summed E-state index contributed by atoms with van der Waals surface area (Å²) in [6.45, 7) is 0. The van der Waals surface area contributed by atoms with Crippen molar-refractivity contribution in [1.82, 2.24) is 14.1 Å². The molecule has 3 heterocycles. The molecule has 0 N–H and O–H groups in total. The Morgan fingerprint density at radius 1 is 0.529 bits per heavy atom. The molecule has 4 aromatic carbocycles. The van der Waals surface area contributed by atoms with Crippen LogP contribution in [0, 0.1) is 0 Å². The fraction of sp³-hybridized carbons (Fsp3) is 0.0333. The van der Waals surface area contributed by atoms with Gasteiger partial charge < -0.3 is 4.74 Å². The van der Waals surface area contributed by atoms with Crippen molar-refractivity contribution in [2.24, 2.45) is 0 Å². The average molecular weight is 440 g/mol. The van der Waals surface area contributed by atoms with Crippen molar-refractivity contribution in [1.29, 1.82) is 0 Å². The van der Waals surface area contributed by atoms with Gasteiger partial charge in [0.25, 0.3) is 0 Å². The van der Waals surface area contributed by atoms with Crippen LogP contribution in [0.2, 0.25) is 0 Å². The first kappa shape index (κ1) is 18.9. The summed E-state index contributed by atoms with van der Waals surface area (Å²) in [5.74, 6) is 0.822. The molecule has 0 saturated carbocycles. The number of fused-ring (bicyclic) bond motifs is 6. The monoisotopic (exact) mass is 439 g/mol. The topological polar surface area (TPSA) is 32.0 Å². The smallest absolute Gasteiger partial charge is 0.148 e. The minimum absolute atomic E-state index is 0.822. The third kappa shape index (κ3) is 2.63. The molecule has 3 aromatic heterocycles. The number of rotatable bonds is 3. The van der Waals surface area contributed by atoms with E-state index < -0.39 is 0 Å². The van der Waals surface area contributed by atoms with Crippen molar-refractivity contribution in [2.45, 2.75) is 0 Å². The molecule has 4 heteroatoms. The number of methoxy groups -OCH3 is 1. The molecular weight excluding hydrogens is 418 g/mol. The van der Waals surface area contributed by atoms with Gasteiger partial charge in [-0.25, -0.2) is 4.98 Å². The predicted molar refractivity (Wildman–Crippen MR) is 139 cm³/mol. The first-order chi connectivity index (χ1) is 16.8. The van der Waals surface area contributed by atoms with Crippen LogP contribution in [0.1, 0.15) is 0 Å². The highest BCUT2D eigenvalue weighted by Gasteiger charge is 2.19. The van der Waals surface area contributed by atoms with Crippen molar-refractivity contribution in [2.75, 3.05) is 7.11 Å². The van der Waals surface area contributed by atoms with Gasteiger partial charge in [-0.2, -0.15) is 0 Å². The molecule has 0 aliphatic heterocycles. The lowest BCUT2D eigenvalue weighted by Gasteiger charge is -2.10. The summed E-state index contributed by atoms with van der Waals surface area (Å²) in [5.41, 5.74) is 6.29. The Labute approximate surface area is 196 Å². The summed E-state index contributed by atoms with van der Waals surface area (Å²) in [4.78, 5) is 5.35. The third-order valence-corrected chi connectivity index (χ3v) is 6.60. The van der Waals surface area contributed by atoms with Crippen LogP contribution < -0.4 is 4.74 Å². The van der Waals surface area contributed by atoms with Gasteiger partial charge in [-0.1, -0.05) is 60.7 Å². The Balaban J connectivity index is 1.68. The Morgan fingerprint density at radius 3 is 1.74 bits per heavy atom. The Kier molecular flexibility index (Phi) is 4.02. The van der Waals surface area contributed by atoms with Gasteiger partial charge in [-0.3, -0.25) is 9.13 Å². The maximum Gasteiger partial charge on any atom is 0.148 e. The molecule has 7 rings (SSSR count). The molecule has 0 aliphatic carbocycles. The number of hydrogen-bond donors (Lipinski definition) is 0. The van der Waals surface area contributed by atoms with Crippen LogP contribution in [0.3, 0.4) is 0 Å². The largest absolute Gasteiger partial charge is 0.497 e. The number of pyridine rings is 1. The minimum Gasteiger partial charge on any atom is -0.497 e. The van der Waals surface area contributed by atoms with Crippen molar-refractivity contribution in [3.05, 3.63) is 109 Å². The highest BCUT2D eigenvalue weighted by Crippen LogP contribution is 2.37. The fourth-order valence-corrected chi connectivity index (χ4v) is 5.10. The quantitative estimate of drug-likeness (QED) is 0.290. The second-order valence-electron chi connectivity index (χ2n) is 8.47. The molecule has 0 spiro atoms. The van der Waals surface area contributed by atoms with Gasteiger partial charge in [0.05, 0.1) is 23.8 Å². The molecule has 0 amide bonds. The van der Waals surface area contributed by atoms with Crippen LogP contribution in [0.25, 0.3) is 55.2 Å². The lowest BCUT2D eigenvalue weighted by molar-refractivity contribution is 0.414. The van der Waals surface area contributed by atoms with Gasteiger partial charge in [0.15, 0.2) is 0 Å². The van der Waals surface area contributed by atoms with E-state index in [9.17, 15) is 0 Å². The van der Waals surface area contributed by atoms with E-state index >= 15 is 0 Å². The Morgan fingerprint density at radius 2 is 1.09 bits per heavy atom. The summed E-state index contributed by atoms with van der Waals surface area (Å²) in [7, 11) is 1.70. The number of nitrogens with zero attached hydrogens (tertiary/aromatic N) is 3. The molecule has 7 aromatic rings. The molecule has 0 radical (unpaired) electrons. The highest BCUT2D eigenvalue weighted by atomic mass is 16.5. The fourth-order valence-electron chi connectivity index (χ4n) is 5.10. The van der Waals surface area contributed by atoms with Crippen molar-refractivity contribution in [3.63, 3.8) is 0 Å². The summed E-state index contributed by atoms with van der Waals surface area (Å²) in [6, 6.07) is 38.0. The first-order valence-electron chi connectivity index (χ1n) is 11.4. The van der Waals surface area contributed by atoms with E-state index in [1.54, 1.807) is 7.11 Å². The maximum absolute atomic E-state index is 5.53. The van der Waals surface area contributed by atoms with Crippen LogP contribution in [-0.4, -0.2) is 21.2 Å². The van der Waals surface area contributed by atoms with Crippen LogP contribution in [0.15, 0.2) is 109 Å². The molecule has 0 fully saturated rings. The molecule has 0 atom stereocenters. The van der Waals surface area contributed by atoms with Gasteiger partial charge in [0, 0.05) is 33.3 Å². The molecule has 162 valence electrons. The van der Waals surface area contributed by atoms with E-state index in [2.05, 4.69) is 100 Å². The van der Waals surface area contributed by atoms with Crippen LogP contribution in [-0.2, 0) is 0 Å². The molecular formula is C30H21N3O. The Hall–Kier alpha value is -4.57. The number of hydrogen-bond acceptors (Lipinski definition) is 2. The molecule has 4 nitrogen and oxygen atoms in total. The SMILES string of the molecule is COc1cccc(-n2c3ccccc3c3cc4c5ccccc5n(-c5ccccc5)c4nc32)c1. The number of para-hydroxylation sites is 3. The van der Waals surface area contributed by atoms with Gasteiger partial charge in [-0.15, -0.1) is 0 Å². The van der Waals surface area contributed by atoms with Crippen molar-refractivity contribution < 1.29 is 4.74 Å². The molecule has 0 unspecified atom stereocenters. The van der Waals surface area contributed by atoms with Crippen molar-refractivity contribution in [3.8, 4) is 17.1 Å². The van der Waals surface area contributed by atoms with Crippen LogP contribution in [0.4, 0.5) is 0 Å². The van der Waals surface area contributed by atoms with Crippen LogP contribution >= 0.6 is 0 Å². The molecule has 0 saturated heterocycles. The molecule has 0 aliphatic rings. The van der Waals surface area contributed by atoms with E-state index in [-0.39, 0.29) is 0 Å². The summed E-state index contributed by atoms with van der Waals surface area (Å²) in [6.07, 6.45) is 0. The van der Waals surface area contributed by atoms with E-state index in [1.165, 1.54) is 10.8 Å². The minimum atomic E-state index is 0.822. The lowest BCUT2D eigenvalue weighted by Crippen LogP contribution is -1.99. The number of benzene rings is 4. The average Bonchev–Trinajstić information content (AvgIpc) is 3.40. The van der Waals surface area contributed by atoms with E-state index in [0.29, 0.717) is 0 Å². The standard InChI is InChI=1S/C30H21N3O/c1-34-22-13-9-12-21(18-22)33-28-17-8-6-15-24(28)26-19-25-23-14-5-7-16-27(23)32(29(25)31-30(26)33)20-10-3-2-4-11-20/h2-19H,1H3. The summed E-state index contributed by atoms with van der Waals surface area (Å²) < 4.78 is 10.0. The van der Waals surface area contributed by atoms with Crippen molar-refractivity contribution >= 4 is 43.9 Å². The van der Waals surface area contributed by atoms with Gasteiger partial charge in [0.1, 0.15) is 17.0 Å². The zero-order valence-corrected chi connectivity index (χ0v) is 18.6. The Bertz CT molecular complexity index is 1840. The second kappa shape index (κ2) is 7.22. The van der Waals surface area contributed by atoms with Crippen LogP contribution in [0.5, 0.6) is 5.75 Å². The summed E-state index contributed by atoms with van der Waals surface area (Å²) >= 11 is 0. The summed E-state index contributed by atoms with van der Waals surface area (Å²) in [5, 5.41) is 4.68. The number of ether oxygens (including phenoxy) is 1. The van der Waals surface area contributed by atoms with E-state index in [0.717, 1.165) is 50.2 Å². The van der Waals surface area contributed by atoms with E-state index in [1.807, 2.05) is 18.2 Å². The molecule has 34 heavy (non-hydrogen) atoms. The van der Waals surface area contributed by atoms with Gasteiger partial charge in [-0.05, 0) is 42.5 Å². The predicted octanol–water partition coefficient (Wildman–Crippen LogP) is 7.28. The normalized spacial score (nSPS) is 11.7. The van der Waals surface area contributed by atoms with Gasteiger partial charge >= 0.3 is 0 Å². The van der Waals surface area contributed by atoms with E-state index in [4.69, 9.17) is 9.72 Å². The zero-order chi connectivity index (χ0) is 22.6. The maximum atomic E-state index is 5.53. The second-order valence-corrected chi connectivity index (χ2v) is 8.47. The third-order valence-electron chi connectivity index (χ3n) is 6.60. The highest BCUT2D eigenvalue weighted by molar-refractivity contribution is 6.16. The number of aromatic nitrogens is 3. The molecule has 0 bridgehead atoms.